The highest BCUT2D eigenvalue weighted by atomic mass is 16.5. The molecule has 0 aliphatic heterocycles. The zero-order chi connectivity index (χ0) is 13.8. The molecule has 3 aromatic heterocycles. The van der Waals surface area contributed by atoms with Gasteiger partial charge in [-0.1, -0.05) is 5.16 Å². The van der Waals surface area contributed by atoms with Gasteiger partial charge < -0.3 is 13.4 Å². The summed E-state index contributed by atoms with van der Waals surface area (Å²) < 4.78 is 16.0. The van der Waals surface area contributed by atoms with Crippen molar-refractivity contribution in [1.82, 2.24) is 10.1 Å². The molecule has 3 rings (SSSR count). The van der Waals surface area contributed by atoms with Gasteiger partial charge >= 0.3 is 0 Å². The predicted octanol–water partition coefficient (Wildman–Crippen LogP) is 3.37. The normalized spacial score (nSPS) is 11.3. The Labute approximate surface area is 116 Å². The molecule has 5 heteroatoms. The standard InChI is InChI=1S/C15H16N2O3/c1-12-13(8-16-20-12)9-17(10-14-4-2-6-18-14)11-15-5-3-7-19-15/h2-8H,9-11H2,1H3. The fourth-order valence-corrected chi connectivity index (χ4v) is 2.13. The quantitative estimate of drug-likeness (QED) is 0.688. The second-order valence-electron chi connectivity index (χ2n) is 4.71. The van der Waals surface area contributed by atoms with E-state index in [-0.39, 0.29) is 0 Å². The summed E-state index contributed by atoms with van der Waals surface area (Å²) in [6.45, 7) is 4.06. The highest BCUT2D eigenvalue weighted by Crippen LogP contribution is 2.16. The molecule has 5 nitrogen and oxygen atoms in total. The highest BCUT2D eigenvalue weighted by Gasteiger charge is 2.14. The Morgan fingerprint density at radius 2 is 1.65 bits per heavy atom. The lowest BCUT2D eigenvalue weighted by atomic mass is 10.2. The molecule has 0 spiro atoms. The molecule has 3 aromatic rings. The minimum Gasteiger partial charge on any atom is -0.468 e. The van der Waals surface area contributed by atoms with E-state index >= 15 is 0 Å². The molecule has 0 fully saturated rings. The van der Waals surface area contributed by atoms with E-state index in [1.807, 2.05) is 31.2 Å². The lowest BCUT2D eigenvalue weighted by Gasteiger charge is -2.19. The van der Waals surface area contributed by atoms with Crippen LogP contribution in [0.3, 0.4) is 0 Å². The summed E-state index contributed by atoms with van der Waals surface area (Å²) in [5.41, 5.74) is 1.07. The first-order valence-electron chi connectivity index (χ1n) is 6.48. The second kappa shape index (κ2) is 5.79. The van der Waals surface area contributed by atoms with Gasteiger partial charge in [-0.15, -0.1) is 0 Å². The van der Waals surface area contributed by atoms with Crippen LogP contribution in [0.25, 0.3) is 0 Å². The SMILES string of the molecule is Cc1oncc1CN(Cc1ccco1)Cc1ccco1. The van der Waals surface area contributed by atoms with Crippen LogP contribution in [0.4, 0.5) is 0 Å². The predicted molar refractivity (Wildman–Crippen MR) is 71.6 cm³/mol. The number of furan rings is 2. The fraction of sp³-hybridized carbons (Fsp3) is 0.267. The van der Waals surface area contributed by atoms with E-state index in [1.54, 1.807) is 18.7 Å². The molecule has 104 valence electrons. The number of aromatic nitrogens is 1. The third-order valence-corrected chi connectivity index (χ3v) is 3.16. The molecule has 0 aromatic carbocycles. The van der Waals surface area contributed by atoms with E-state index in [0.29, 0.717) is 13.1 Å². The first-order valence-corrected chi connectivity index (χ1v) is 6.48. The summed E-state index contributed by atoms with van der Waals surface area (Å²) in [5.74, 6) is 2.69. The molecule has 0 unspecified atom stereocenters. The minimum absolute atomic E-state index is 0.707. The molecule has 0 N–H and O–H groups in total. The molecule has 0 amide bonds. The van der Waals surface area contributed by atoms with Crippen LogP contribution in [-0.4, -0.2) is 10.1 Å². The van der Waals surface area contributed by atoms with Crippen LogP contribution in [0.15, 0.2) is 56.3 Å². The molecule has 0 aliphatic carbocycles. The van der Waals surface area contributed by atoms with E-state index in [9.17, 15) is 0 Å². The summed E-state index contributed by atoms with van der Waals surface area (Å²) in [5, 5.41) is 3.82. The Bertz CT molecular complexity index is 590. The van der Waals surface area contributed by atoms with Crippen LogP contribution < -0.4 is 0 Å². The zero-order valence-electron chi connectivity index (χ0n) is 11.3. The van der Waals surface area contributed by atoms with Gasteiger partial charge in [0.05, 0.1) is 31.8 Å². The number of hydrogen-bond acceptors (Lipinski definition) is 5. The molecule has 0 bridgehead atoms. The van der Waals surface area contributed by atoms with Crippen molar-refractivity contribution in [2.45, 2.75) is 26.6 Å². The van der Waals surface area contributed by atoms with Crippen LogP contribution in [0, 0.1) is 6.92 Å². The molecule has 3 heterocycles. The van der Waals surface area contributed by atoms with Crippen LogP contribution in [0.2, 0.25) is 0 Å². The number of nitrogens with zero attached hydrogens (tertiary/aromatic N) is 2. The first-order chi connectivity index (χ1) is 9.81. The summed E-state index contributed by atoms with van der Waals surface area (Å²) in [6.07, 6.45) is 5.13. The van der Waals surface area contributed by atoms with E-state index in [1.165, 1.54) is 0 Å². The maximum atomic E-state index is 5.42. The van der Waals surface area contributed by atoms with Crippen molar-refractivity contribution in [2.24, 2.45) is 0 Å². The van der Waals surface area contributed by atoms with Gasteiger partial charge in [-0.3, -0.25) is 4.90 Å². The molecule has 0 saturated heterocycles. The van der Waals surface area contributed by atoms with Crippen LogP contribution in [0.1, 0.15) is 22.8 Å². The van der Waals surface area contributed by atoms with Gasteiger partial charge in [-0.25, -0.2) is 0 Å². The largest absolute Gasteiger partial charge is 0.468 e. The van der Waals surface area contributed by atoms with Crippen molar-refractivity contribution in [3.63, 3.8) is 0 Å². The van der Waals surface area contributed by atoms with Crippen molar-refractivity contribution in [3.05, 3.63) is 65.8 Å². The van der Waals surface area contributed by atoms with E-state index < -0.39 is 0 Å². The third kappa shape index (κ3) is 3.00. The van der Waals surface area contributed by atoms with E-state index in [4.69, 9.17) is 13.4 Å². The van der Waals surface area contributed by atoms with Crippen molar-refractivity contribution in [2.75, 3.05) is 0 Å². The molecular weight excluding hydrogens is 256 g/mol. The average Bonchev–Trinajstić information content (AvgIpc) is 3.15. The van der Waals surface area contributed by atoms with Crippen molar-refractivity contribution in [3.8, 4) is 0 Å². The summed E-state index contributed by atoms with van der Waals surface area (Å²) in [7, 11) is 0. The Balaban J connectivity index is 1.74. The Morgan fingerprint density at radius 1 is 1.00 bits per heavy atom. The van der Waals surface area contributed by atoms with Crippen molar-refractivity contribution in [1.29, 1.82) is 0 Å². The van der Waals surface area contributed by atoms with Gasteiger partial charge in [0.15, 0.2) is 0 Å². The Kier molecular flexibility index (Phi) is 3.69. The lowest BCUT2D eigenvalue weighted by Crippen LogP contribution is -2.22. The summed E-state index contributed by atoms with van der Waals surface area (Å²) >= 11 is 0. The van der Waals surface area contributed by atoms with E-state index in [0.717, 1.165) is 29.4 Å². The smallest absolute Gasteiger partial charge is 0.138 e. The summed E-state index contributed by atoms with van der Waals surface area (Å²) in [6, 6.07) is 7.72. The second-order valence-corrected chi connectivity index (χ2v) is 4.71. The third-order valence-electron chi connectivity index (χ3n) is 3.16. The van der Waals surface area contributed by atoms with Crippen LogP contribution >= 0.6 is 0 Å². The topological polar surface area (TPSA) is 55.6 Å². The molecule has 0 saturated carbocycles. The fourth-order valence-electron chi connectivity index (χ4n) is 2.13. The number of aryl methyl sites for hydroxylation is 1. The molecule has 0 atom stereocenters. The maximum Gasteiger partial charge on any atom is 0.138 e. The zero-order valence-corrected chi connectivity index (χ0v) is 11.3. The van der Waals surface area contributed by atoms with Gasteiger partial charge in [0.1, 0.15) is 17.3 Å². The average molecular weight is 272 g/mol. The Morgan fingerprint density at radius 3 is 2.10 bits per heavy atom. The molecule has 20 heavy (non-hydrogen) atoms. The summed E-state index contributed by atoms with van der Waals surface area (Å²) in [4.78, 5) is 2.22. The highest BCUT2D eigenvalue weighted by molar-refractivity contribution is 5.12. The molecular formula is C15H16N2O3. The van der Waals surface area contributed by atoms with Gasteiger partial charge in [0.25, 0.3) is 0 Å². The minimum atomic E-state index is 0.707. The number of hydrogen-bond donors (Lipinski definition) is 0. The lowest BCUT2D eigenvalue weighted by molar-refractivity contribution is 0.208. The van der Waals surface area contributed by atoms with Gasteiger partial charge in [0.2, 0.25) is 0 Å². The number of rotatable bonds is 6. The van der Waals surface area contributed by atoms with Crippen LogP contribution in [0.5, 0.6) is 0 Å². The first kappa shape index (κ1) is 12.7. The van der Waals surface area contributed by atoms with Crippen LogP contribution in [-0.2, 0) is 19.6 Å². The van der Waals surface area contributed by atoms with Crippen molar-refractivity contribution >= 4 is 0 Å². The van der Waals surface area contributed by atoms with E-state index in [2.05, 4.69) is 10.1 Å². The molecule has 0 radical (unpaired) electrons. The van der Waals surface area contributed by atoms with Gasteiger partial charge in [0, 0.05) is 12.1 Å². The monoisotopic (exact) mass is 272 g/mol. The van der Waals surface area contributed by atoms with Gasteiger partial charge in [-0.05, 0) is 31.2 Å². The molecule has 0 aliphatic rings. The Hall–Kier alpha value is -2.27. The van der Waals surface area contributed by atoms with Crippen molar-refractivity contribution < 1.29 is 13.4 Å². The maximum absolute atomic E-state index is 5.42. The van der Waals surface area contributed by atoms with Gasteiger partial charge in [-0.2, -0.15) is 0 Å².